The number of nitrogens with one attached hydrogen (secondary N) is 1. The van der Waals surface area contributed by atoms with Crippen LogP contribution in [0, 0.1) is 13.8 Å². The highest BCUT2D eigenvalue weighted by atomic mass is 16.1. The molecule has 3 aromatic heterocycles. The summed E-state index contributed by atoms with van der Waals surface area (Å²) in [6, 6.07) is 15.4. The first-order chi connectivity index (χ1) is 13.6. The number of hydrogen-bond donors (Lipinski definition) is 1. The van der Waals surface area contributed by atoms with Crippen LogP contribution in [0.15, 0.2) is 67.1 Å². The molecule has 0 fully saturated rings. The molecule has 6 heteroatoms. The number of nitrogens with zero attached hydrogens (tertiary/aromatic N) is 4. The summed E-state index contributed by atoms with van der Waals surface area (Å²) in [6.45, 7) is 4.94. The molecule has 0 spiro atoms. The fraction of sp³-hybridized carbons (Fsp3) is 0.182. The topological polar surface area (TPSA) is 67.5 Å². The number of rotatable bonds is 6. The maximum Gasteiger partial charge on any atom is 0.227 e. The van der Waals surface area contributed by atoms with Crippen molar-refractivity contribution in [3.8, 4) is 11.1 Å². The van der Waals surface area contributed by atoms with Gasteiger partial charge in [0.15, 0.2) is 12.4 Å². The first-order valence-corrected chi connectivity index (χ1v) is 9.21. The van der Waals surface area contributed by atoms with Crippen LogP contribution < -0.4 is 4.57 Å². The van der Waals surface area contributed by atoms with Crippen LogP contribution in [0.1, 0.15) is 27.4 Å². The zero-order valence-corrected chi connectivity index (χ0v) is 16.0. The molecule has 4 rings (SSSR count). The van der Waals surface area contributed by atoms with Crippen molar-refractivity contribution in [1.29, 1.82) is 0 Å². The molecule has 28 heavy (non-hydrogen) atoms. The molecule has 0 bridgehead atoms. The molecule has 0 amide bonds. The van der Waals surface area contributed by atoms with Gasteiger partial charge in [-0.15, -0.1) is 0 Å². The minimum absolute atomic E-state index is 0.0813. The van der Waals surface area contributed by atoms with Crippen molar-refractivity contribution >= 4 is 5.78 Å². The van der Waals surface area contributed by atoms with Crippen molar-refractivity contribution in [1.82, 2.24) is 20.0 Å². The summed E-state index contributed by atoms with van der Waals surface area (Å²) in [4.78, 5) is 12.5. The van der Waals surface area contributed by atoms with Gasteiger partial charge in [-0.05, 0) is 26.0 Å². The van der Waals surface area contributed by atoms with Crippen LogP contribution in [0.25, 0.3) is 11.1 Å². The van der Waals surface area contributed by atoms with Gasteiger partial charge in [0.1, 0.15) is 0 Å². The summed E-state index contributed by atoms with van der Waals surface area (Å²) in [5.41, 5.74) is 5.82. The lowest BCUT2D eigenvalue weighted by molar-refractivity contribution is -0.682. The summed E-state index contributed by atoms with van der Waals surface area (Å²) in [5.74, 6) is 0.0813. The van der Waals surface area contributed by atoms with Crippen LogP contribution in [0.5, 0.6) is 0 Å². The summed E-state index contributed by atoms with van der Waals surface area (Å²) < 4.78 is 3.87. The highest BCUT2D eigenvalue weighted by Gasteiger charge is 2.16. The summed E-state index contributed by atoms with van der Waals surface area (Å²) >= 11 is 0. The van der Waals surface area contributed by atoms with Gasteiger partial charge in [-0.25, -0.2) is 0 Å². The molecule has 0 saturated carbocycles. The van der Waals surface area contributed by atoms with E-state index in [2.05, 4.69) is 21.4 Å². The first kappa shape index (κ1) is 17.9. The molecule has 0 aliphatic heterocycles. The Morgan fingerprint density at radius 1 is 1.14 bits per heavy atom. The van der Waals surface area contributed by atoms with E-state index in [4.69, 9.17) is 0 Å². The SMILES string of the molecule is Cc1cc(C)n(Cc2[nH]ncc2-c2ccc[n+](CC(=O)c3ccccc3)c2)n1. The number of aryl methyl sites for hydroxylation is 2. The van der Waals surface area contributed by atoms with E-state index in [1.807, 2.05) is 84.2 Å². The minimum Gasteiger partial charge on any atom is -0.287 e. The molecule has 0 saturated heterocycles. The third kappa shape index (κ3) is 3.76. The molecule has 140 valence electrons. The number of aromatic nitrogens is 5. The van der Waals surface area contributed by atoms with Crippen molar-refractivity contribution < 1.29 is 9.36 Å². The van der Waals surface area contributed by atoms with E-state index in [1.165, 1.54) is 0 Å². The molecule has 1 N–H and O–H groups in total. The van der Waals surface area contributed by atoms with E-state index in [0.717, 1.165) is 28.2 Å². The van der Waals surface area contributed by atoms with Gasteiger partial charge in [0.05, 0.1) is 24.1 Å². The number of ketones is 1. The number of aromatic amines is 1. The lowest BCUT2D eigenvalue weighted by Crippen LogP contribution is -2.37. The monoisotopic (exact) mass is 372 g/mol. The number of hydrogen-bond acceptors (Lipinski definition) is 3. The third-order valence-electron chi connectivity index (χ3n) is 4.72. The standard InChI is InChI=1S/C22H22N5O/c1-16-11-17(2)27(25-16)14-21-20(12-23-24-21)19-9-6-10-26(13-19)15-22(28)18-7-4-3-5-8-18/h3-13H,14-15H2,1-2H3,(H,23,24)/q+1. The highest BCUT2D eigenvalue weighted by Crippen LogP contribution is 2.21. The van der Waals surface area contributed by atoms with Crippen molar-refractivity contribution in [3.05, 3.63) is 89.8 Å². The predicted octanol–water partition coefficient (Wildman–Crippen LogP) is 3.11. The number of H-pyrrole nitrogens is 1. The predicted molar refractivity (Wildman–Crippen MR) is 106 cm³/mol. The Hall–Kier alpha value is -3.54. The van der Waals surface area contributed by atoms with E-state index in [-0.39, 0.29) is 5.78 Å². The second-order valence-corrected chi connectivity index (χ2v) is 6.90. The first-order valence-electron chi connectivity index (χ1n) is 9.21. The van der Waals surface area contributed by atoms with E-state index in [0.29, 0.717) is 18.7 Å². The van der Waals surface area contributed by atoms with E-state index >= 15 is 0 Å². The third-order valence-corrected chi connectivity index (χ3v) is 4.72. The number of pyridine rings is 1. The number of carbonyl (C=O) groups excluding carboxylic acids is 1. The second kappa shape index (κ2) is 7.60. The zero-order valence-electron chi connectivity index (χ0n) is 16.0. The quantitative estimate of drug-likeness (QED) is 0.418. The Labute approximate surface area is 163 Å². The average Bonchev–Trinajstić information content (AvgIpc) is 3.29. The molecular formula is C22H22N5O+. The van der Waals surface area contributed by atoms with Crippen molar-refractivity contribution in [3.63, 3.8) is 0 Å². The number of benzene rings is 1. The maximum absolute atomic E-state index is 12.5. The molecule has 0 aliphatic carbocycles. The van der Waals surface area contributed by atoms with Crippen LogP contribution in [-0.4, -0.2) is 25.8 Å². The molecule has 3 heterocycles. The van der Waals surface area contributed by atoms with Gasteiger partial charge < -0.3 is 0 Å². The highest BCUT2D eigenvalue weighted by molar-refractivity contribution is 5.94. The van der Waals surface area contributed by atoms with Gasteiger partial charge in [0, 0.05) is 28.5 Å². The zero-order chi connectivity index (χ0) is 19.5. The lowest BCUT2D eigenvalue weighted by atomic mass is 10.1. The second-order valence-electron chi connectivity index (χ2n) is 6.90. The molecule has 0 aliphatic rings. The van der Waals surface area contributed by atoms with Gasteiger partial charge in [-0.1, -0.05) is 30.3 Å². The Morgan fingerprint density at radius 3 is 2.71 bits per heavy atom. The smallest absolute Gasteiger partial charge is 0.227 e. The van der Waals surface area contributed by atoms with Gasteiger partial charge in [-0.3, -0.25) is 14.6 Å². The normalized spacial score (nSPS) is 10.9. The minimum atomic E-state index is 0.0813. The van der Waals surface area contributed by atoms with Gasteiger partial charge in [0.25, 0.3) is 0 Å². The Kier molecular flexibility index (Phi) is 4.85. The van der Waals surface area contributed by atoms with Gasteiger partial charge in [-0.2, -0.15) is 14.8 Å². The van der Waals surface area contributed by atoms with Crippen molar-refractivity contribution in [2.75, 3.05) is 0 Å². The summed E-state index contributed by atoms with van der Waals surface area (Å²) in [6.07, 6.45) is 5.71. The van der Waals surface area contributed by atoms with E-state index in [1.54, 1.807) is 0 Å². The molecule has 1 aromatic carbocycles. The van der Waals surface area contributed by atoms with E-state index < -0.39 is 0 Å². The molecular weight excluding hydrogens is 350 g/mol. The van der Waals surface area contributed by atoms with Crippen molar-refractivity contribution in [2.24, 2.45) is 0 Å². The number of carbonyl (C=O) groups is 1. The van der Waals surface area contributed by atoms with Crippen LogP contribution in [0.4, 0.5) is 0 Å². The summed E-state index contributed by atoms with van der Waals surface area (Å²) in [5, 5.41) is 11.8. The molecule has 0 atom stereocenters. The largest absolute Gasteiger partial charge is 0.287 e. The fourth-order valence-corrected chi connectivity index (χ4v) is 3.33. The van der Waals surface area contributed by atoms with Crippen LogP contribution in [0.3, 0.4) is 0 Å². The lowest BCUT2D eigenvalue weighted by Gasteiger charge is -2.06. The molecule has 0 radical (unpaired) electrons. The molecule has 6 nitrogen and oxygen atoms in total. The average molecular weight is 372 g/mol. The van der Waals surface area contributed by atoms with Gasteiger partial charge >= 0.3 is 0 Å². The van der Waals surface area contributed by atoms with Crippen LogP contribution in [0.2, 0.25) is 0 Å². The Balaban J connectivity index is 1.58. The molecule has 0 unspecified atom stereocenters. The van der Waals surface area contributed by atoms with Crippen LogP contribution in [-0.2, 0) is 13.1 Å². The maximum atomic E-state index is 12.5. The van der Waals surface area contributed by atoms with Crippen LogP contribution >= 0.6 is 0 Å². The number of Topliss-reactive ketones (excluding diaryl/α,β-unsaturated/α-hetero) is 1. The fourth-order valence-electron chi connectivity index (χ4n) is 3.33. The van der Waals surface area contributed by atoms with E-state index in [9.17, 15) is 4.79 Å². The van der Waals surface area contributed by atoms with Gasteiger partial charge in [0.2, 0.25) is 12.3 Å². The summed E-state index contributed by atoms with van der Waals surface area (Å²) in [7, 11) is 0. The Bertz CT molecular complexity index is 1110. The van der Waals surface area contributed by atoms with Crippen molar-refractivity contribution in [2.45, 2.75) is 26.9 Å². The molecule has 4 aromatic rings. The Morgan fingerprint density at radius 2 is 1.96 bits per heavy atom.